The lowest BCUT2D eigenvalue weighted by molar-refractivity contribution is 0.208. The number of carbonyl (C=O) groups is 1. The number of benzene rings is 2. The predicted molar refractivity (Wildman–Crippen MR) is 105 cm³/mol. The Labute approximate surface area is 160 Å². The normalized spacial score (nSPS) is 14.4. The highest BCUT2D eigenvalue weighted by molar-refractivity contribution is 7.22. The van der Waals surface area contributed by atoms with Crippen molar-refractivity contribution < 1.29 is 13.9 Å². The summed E-state index contributed by atoms with van der Waals surface area (Å²) in [5.41, 5.74) is 1.06. The summed E-state index contributed by atoms with van der Waals surface area (Å²) in [6.07, 6.45) is 0. The zero-order chi connectivity index (χ0) is 18.8. The molecular formula is C19H19FN4O2S. The van der Waals surface area contributed by atoms with E-state index < -0.39 is 5.82 Å². The predicted octanol–water partition coefficient (Wildman–Crippen LogP) is 3.80. The molecule has 4 rings (SSSR count). The first-order valence-corrected chi connectivity index (χ1v) is 9.46. The number of nitrogens with one attached hydrogen (secondary N) is 1. The molecular weight excluding hydrogens is 367 g/mol. The Morgan fingerprint density at radius 3 is 2.67 bits per heavy atom. The van der Waals surface area contributed by atoms with Gasteiger partial charge in [0.1, 0.15) is 17.1 Å². The maximum absolute atomic E-state index is 13.7. The van der Waals surface area contributed by atoms with E-state index in [-0.39, 0.29) is 11.7 Å². The van der Waals surface area contributed by atoms with Crippen molar-refractivity contribution in [3.8, 4) is 5.75 Å². The number of anilines is 2. The molecule has 2 aromatic carbocycles. The Morgan fingerprint density at radius 2 is 1.93 bits per heavy atom. The average molecular weight is 386 g/mol. The van der Waals surface area contributed by atoms with Gasteiger partial charge in [-0.05, 0) is 24.3 Å². The van der Waals surface area contributed by atoms with E-state index >= 15 is 0 Å². The van der Waals surface area contributed by atoms with E-state index in [1.165, 1.54) is 6.07 Å². The summed E-state index contributed by atoms with van der Waals surface area (Å²) in [5, 5.41) is 3.56. The van der Waals surface area contributed by atoms with Gasteiger partial charge in [-0.15, -0.1) is 0 Å². The van der Waals surface area contributed by atoms with E-state index in [1.54, 1.807) is 41.5 Å². The molecule has 1 aliphatic rings. The molecule has 8 heteroatoms. The number of piperazine rings is 1. The second-order valence-electron chi connectivity index (χ2n) is 6.19. The molecule has 1 N–H and O–H groups in total. The Morgan fingerprint density at radius 1 is 1.15 bits per heavy atom. The number of para-hydroxylation sites is 2. The fourth-order valence-electron chi connectivity index (χ4n) is 3.07. The molecule has 140 valence electrons. The van der Waals surface area contributed by atoms with Crippen LogP contribution in [0.25, 0.3) is 10.2 Å². The highest BCUT2D eigenvalue weighted by atomic mass is 32.1. The number of hydrogen-bond acceptors (Lipinski definition) is 5. The maximum atomic E-state index is 13.7. The standard InChI is InChI=1S/C19H19FN4O2S/c1-26-15-7-4-8-16-17(15)22-19(27-16)24-11-9-23(10-12-24)18(25)21-14-6-3-2-5-13(14)20/h2-8H,9-12H2,1H3,(H,21,25). The van der Waals surface area contributed by atoms with Crippen molar-refractivity contribution in [1.82, 2.24) is 9.88 Å². The van der Waals surface area contributed by atoms with Gasteiger partial charge in [0.05, 0.1) is 17.5 Å². The Bertz CT molecular complexity index is 969. The minimum atomic E-state index is -0.437. The molecule has 1 aromatic heterocycles. The van der Waals surface area contributed by atoms with E-state index in [0.717, 1.165) is 21.1 Å². The summed E-state index contributed by atoms with van der Waals surface area (Å²) in [5.74, 6) is 0.325. The molecule has 0 saturated carbocycles. The first-order chi connectivity index (χ1) is 13.2. The van der Waals surface area contributed by atoms with Crippen molar-refractivity contribution in [2.24, 2.45) is 0 Å². The fraction of sp³-hybridized carbons (Fsp3) is 0.263. The summed E-state index contributed by atoms with van der Waals surface area (Å²) in [6.45, 7) is 2.44. The topological polar surface area (TPSA) is 57.7 Å². The Hall–Kier alpha value is -2.87. The van der Waals surface area contributed by atoms with Crippen LogP contribution in [0.4, 0.5) is 20.0 Å². The maximum Gasteiger partial charge on any atom is 0.322 e. The molecule has 0 aliphatic carbocycles. The van der Waals surface area contributed by atoms with Crippen LogP contribution in [0.2, 0.25) is 0 Å². The van der Waals surface area contributed by atoms with Gasteiger partial charge in [0, 0.05) is 26.2 Å². The van der Waals surface area contributed by atoms with Gasteiger partial charge in [-0.3, -0.25) is 0 Å². The lowest BCUT2D eigenvalue weighted by atomic mass is 10.3. The van der Waals surface area contributed by atoms with Crippen LogP contribution < -0.4 is 15.0 Å². The number of hydrogen-bond donors (Lipinski definition) is 1. The fourth-order valence-corrected chi connectivity index (χ4v) is 4.10. The number of ether oxygens (including phenoxy) is 1. The van der Waals surface area contributed by atoms with Crippen LogP contribution in [0.5, 0.6) is 5.75 Å². The van der Waals surface area contributed by atoms with Crippen molar-refractivity contribution in [2.45, 2.75) is 0 Å². The lowest BCUT2D eigenvalue weighted by Gasteiger charge is -2.34. The molecule has 0 radical (unpaired) electrons. The third-order valence-corrected chi connectivity index (χ3v) is 5.62. The average Bonchev–Trinajstić information content (AvgIpc) is 3.14. The quantitative estimate of drug-likeness (QED) is 0.744. The second-order valence-corrected chi connectivity index (χ2v) is 7.20. The number of urea groups is 1. The third-order valence-electron chi connectivity index (χ3n) is 4.54. The van der Waals surface area contributed by atoms with Gasteiger partial charge < -0.3 is 19.9 Å². The highest BCUT2D eigenvalue weighted by Crippen LogP contribution is 2.34. The number of thiazole rings is 1. The van der Waals surface area contributed by atoms with E-state index in [4.69, 9.17) is 9.72 Å². The first-order valence-electron chi connectivity index (χ1n) is 8.64. The zero-order valence-corrected chi connectivity index (χ0v) is 15.6. The SMILES string of the molecule is COc1cccc2sc(N3CCN(C(=O)Nc4ccccc4F)CC3)nc12. The van der Waals surface area contributed by atoms with Gasteiger partial charge in [-0.25, -0.2) is 14.2 Å². The summed E-state index contributed by atoms with van der Waals surface area (Å²) in [4.78, 5) is 20.9. The number of fused-ring (bicyclic) bond motifs is 1. The Balaban J connectivity index is 1.41. The number of rotatable bonds is 3. The van der Waals surface area contributed by atoms with E-state index in [9.17, 15) is 9.18 Å². The molecule has 1 saturated heterocycles. The van der Waals surface area contributed by atoms with Gasteiger partial charge in [0.2, 0.25) is 0 Å². The minimum Gasteiger partial charge on any atom is -0.494 e. The molecule has 0 unspecified atom stereocenters. The molecule has 2 heterocycles. The van der Waals surface area contributed by atoms with Gasteiger partial charge in [0.25, 0.3) is 0 Å². The smallest absolute Gasteiger partial charge is 0.322 e. The van der Waals surface area contributed by atoms with Gasteiger partial charge >= 0.3 is 6.03 Å². The van der Waals surface area contributed by atoms with Gasteiger partial charge in [-0.2, -0.15) is 0 Å². The number of carbonyl (C=O) groups excluding carboxylic acids is 1. The largest absolute Gasteiger partial charge is 0.494 e. The van der Waals surface area contributed by atoms with Crippen molar-refractivity contribution in [2.75, 3.05) is 43.5 Å². The molecule has 6 nitrogen and oxygen atoms in total. The lowest BCUT2D eigenvalue weighted by Crippen LogP contribution is -2.50. The van der Waals surface area contributed by atoms with Crippen LogP contribution >= 0.6 is 11.3 Å². The number of aromatic nitrogens is 1. The van der Waals surface area contributed by atoms with E-state index in [2.05, 4.69) is 10.2 Å². The molecule has 27 heavy (non-hydrogen) atoms. The molecule has 0 bridgehead atoms. The number of halogens is 1. The minimum absolute atomic E-state index is 0.197. The third kappa shape index (κ3) is 3.52. The van der Waals surface area contributed by atoms with E-state index in [1.807, 2.05) is 18.2 Å². The van der Waals surface area contributed by atoms with E-state index in [0.29, 0.717) is 26.2 Å². The van der Waals surface area contributed by atoms with Crippen LogP contribution in [0.3, 0.4) is 0 Å². The summed E-state index contributed by atoms with van der Waals surface area (Å²) in [6, 6.07) is 11.8. The summed E-state index contributed by atoms with van der Waals surface area (Å²) < 4.78 is 20.2. The number of amides is 2. The van der Waals surface area contributed by atoms with Crippen LogP contribution in [-0.4, -0.2) is 49.2 Å². The molecule has 1 aliphatic heterocycles. The van der Waals surface area contributed by atoms with Crippen molar-refractivity contribution in [3.05, 3.63) is 48.3 Å². The summed E-state index contributed by atoms with van der Waals surface area (Å²) in [7, 11) is 1.64. The Kier molecular flexibility index (Phi) is 4.81. The van der Waals surface area contributed by atoms with Crippen molar-refractivity contribution in [3.63, 3.8) is 0 Å². The molecule has 2 amide bonds. The number of nitrogens with zero attached hydrogens (tertiary/aromatic N) is 3. The molecule has 3 aromatic rings. The molecule has 1 fully saturated rings. The van der Waals surface area contributed by atoms with Crippen molar-refractivity contribution in [1.29, 1.82) is 0 Å². The summed E-state index contributed by atoms with van der Waals surface area (Å²) >= 11 is 1.61. The van der Waals surface area contributed by atoms with Crippen LogP contribution in [0.15, 0.2) is 42.5 Å². The monoisotopic (exact) mass is 386 g/mol. The number of methoxy groups -OCH3 is 1. The molecule has 0 atom stereocenters. The molecule has 0 spiro atoms. The highest BCUT2D eigenvalue weighted by Gasteiger charge is 2.24. The van der Waals surface area contributed by atoms with Crippen molar-refractivity contribution >= 4 is 38.4 Å². The zero-order valence-electron chi connectivity index (χ0n) is 14.8. The first kappa shape index (κ1) is 17.5. The second kappa shape index (κ2) is 7.40. The van der Waals surface area contributed by atoms with Gasteiger partial charge in [-0.1, -0.05) is 29.5 Å². The van der Waals surface area contributed by atoms with Crippen LogP contribution in [-0.2, 0) is 0 Å². The van der Waals surface area contributed by atoms with Crippen LogP contribution in [0.1, 0.15) is 0 Å². The van der Waals surface area contributed by atoms with Crippen LogP contribution in [0, 0.1) is 5.82 Å². The van der Waals surface area contributed by atoms with Gasteiger partial charge in [0.15, 0.2) is 5.13 Å².